The van der Waals surface area contributed by atoms with Gasteiger partial charge in [0, 0.05) is 61.5 Å². The van der Waals surface area contributed by atoms with Crippen LogP contribution in [-0.4, -0.2) is 141 Å². The molecule has 0 spiro atoms. The molecular formula is C37H53N11O11S2. The average Bonchev–Trinajstić information content (AvgIpc) is 3.85. The van der Waals surface area contributed by atoms with Crippen molar-refractivity contribution in [1.29, 1.82) is 0 Å². The quantitative estimate of drug-likeness (QED) is 0.0534. The number of carboxylic acid groups (broad SMARTS) is 2. The molecule has 7 amide bonds. The fraction of sp³-hybridized carbons (Fsp3) is 0.514. The summed E-state index contributed by atoms with van der Waals surface area (Å²) in [7, 11) is 2.45. The van der Waals surface area contributed by atoms with E-state index in [0.29, 0.717) is 24.8 Å². The molecule has 0 aliphatic carbocycles. The standard InChI is InChI=1S/C35H49N11O9S2.C2H4O2/c36-30(51)25-18-57-56-13-10-27(47)42-22(8-3-4-11-39-35(37)38)31(52)41-17-28(48)43-23(15-29(49)50)32(53)44-24(14-19-16-40-21-7-2-1-6-20(19)21)34(55)46-12-5-9-26(46)33(54)45-25;1-2(3)4/h1-2,6-7,16,22-26,40H,3-5,8-15,17-18H2,(H2,36,51)(H,41,52)(H,42,47)(H,43,48)(H,44,53)(H,45,54)(H,49,50)(H4,37,38,39);1H3,(H,3,4). The third-order valence-electron chi connectivity index (χ3n) is 9.24. The van der Waals surface area contributed by atoms with Crippen molar-refractivity contribution in [1.82, 2.24) is 36.5 Å². The van der Waals surface area contributed by atoms with Crippen molar-refractivity contribution in [2.75, 3.05) is 31.1 Å². The molecule has 3 heterocycles. The number of aromatic nitrogens is 1. The van der Waals surface area contributed by atoms with E-state index in [0.717, 1.165) is 17.8 Å². The van der Waals surface area contributed by atoms with Gasteiger partial charge in [0.2, 0.25) is 41.4 Å². The number of carbonyl (C=O) groups excluding carboxylic acids is 7. The maximum atomic E-state index is 14.3. The van der Waals surface area contributed by atoms with Gasteiger partial charge in [0.1, 0.15) is 30.2 Å². The second kappa shape index (κ2) is 24.9. The normalized spacial score (nSPS) is 22.5. The Morgan fingerprint density at radius 3 is 2.26 bits per heavy atom. The van der Waals surface area contributed by atoms with Crippen molar-refractivity contribution in [3.05, 3.63) is 36.0 Å². The van der Waals surface area contributed by atoms with Crippen LogP contribution in [0.15, 0.2) is 35.5 Å². The topological polar surface area (TPSA) is 364 Å². The summed E-state index contributed by atoms with van der Waals surface area (Å²) >= 11 is 0. The summed E-state index contributed by atoms with van der Waals surface area (Å²) in [6, 6.07) is 1.07. The number of para-hydroxylation sites is 1. The second-order valence-corrected chi connectivity index (χ2v) is 16.6. The predicted octanol–water partition coefficient (Wildman–Crippen LogP) is -1.96. The number of benzene rings is 1. The molecule has 2 saturated heterocycles. The van der Waals surface area contributed by atoms with E-state index < -0.39 is 96.5 Å². The van der Waals surface area contributed by atoms with Gasteiger partial charge in [-0.15, -0.1) is 0 Å². The Labute approximate surface area is 358 Å². The van der Waals surface area contributed by atoms with Crippen LogP contribution in [-0.2, 0) is 49.6 Å². The van der Waals surface area contributed by atoms with Crippen LogP contribution < -0.4 is 43.8 Å². The highest BCUT2D eigenvalue weighted by atomic mass is 33.1. The molecule has 24 heteroatoms. The summed E-state index contributed by atoms with van der Waals surface area (Å²) in [6.07, 6.45) is 2.48. The van der Waals surface area contributed by atoms with Crippen molar-refractivity contribution < 1.29 is 53.4 Å². The number of aliphatic imine (C=N–C) groups is 1. The number of rotatable bonds is 10. The number of H-pyrrole nitrogens is 1. The van der Waals surface area contributed by atoms with E-state index >= 15 is 0 Å². The number of guanidine groups is 1. The van der Waals surface area contributed by atoms with Crippen LogP contribution >= 0.6 is 21.6 Å². The summed E-state index contributed by atoms with van der Waals surface area (Å²) < 4.78 is 0. The Kier molecular flexibility index (Phi) is 20.1. The second-order valence-electron chi connectivity index (χ2n) is 14.0. The number of aliphatic carboxylic acids is 2. The Morgan fingerprint density at radius 2 is 1.57 bits per heavy atom. The SMILES string of the molecule is CC(=O)O.NC(=O)C1CSSCCC(=O)NC(CCCCN=C(N)N)C(=O)NCC(=O)NC(CC(=O)O)C(=O)NC(Cc2c[nH]c3ccccc23)C(=O)N2CCCC2C(=O)N1. The molecule has 5 unspecified atom stereocenters. The number of nitrogens with one attached hydrogen (secondary N) is 6. The maximum absolute atomic E-state index is 14.3. The number of unbranched alkanes of at least 4 members (excludes halogenated alkanes) is 1. The van der Waals surface area contributed by atoms with Crippen molar-refractivity contribution in [2.45, 2.75) is 88.5 Å². The third-order valence-corrected chi connectivity index (χ3v) is 11.7. The lowest BCUT2D eigenvalue weighted by Crippen LogP contribution is -2.59. The van der Waals surface area contributed by atoms with E-state index in [2.05, 4.69) is 36.6 Å². The Hall–Kier alpha value is -6.04. The van der Waals surface area contributed by atoms with E-state index in [1.54, 1.807) is 12.3 Å². The first-order valence-corrected chi connectivity index (χ1v) is 21.8. The fourth-order valence-corrected chi connectivity index (χ4v) is 8.56. The van der Waals surface area contributed by atoms with E-state index in [1.807, 2.05) is 18.2 Å². The van der Waals surface area contributed by atoms with E-state index in [4.69, 9.17) is 27.1 Å². The molecule has 22 nitrogen and oxygen atoms in total. The summed E-state index contributed by atoms with van der Waals surface area (Å²) in [6.45, 7) is 0.851. The van der Waals surface area contributed by atoms with Crippen molar-refractivity contribution >= 4 is 91.7 Å². The molecule has 4 rings (SSSR count). The first-order chi connectivity index (χ1) is 29.0. The molecule has 2 fully saturated rings. The van der Waals surface area contributed by atoms with Crippen LogP contribution in [0.4, 0.5) is 0 Å². The van der Waals surface area contributed by atoms with Crippen molar-refractivity contribution in [3.8, 4) is 0 Å². The lowest BCUT2D eigenvalue weighted by atomic mass is 10.0. The van der Waals surface area contributed by atoms with E-state index in [9.17, 15) is 43.5 Å². The molecule has 1 aromatic carbocycles. The first-order valence-electron chi connectivity index (χ1n) is 19.3. The number of hydrogen-bond acceptors (Lipinski definition) is 12. The van der Waals surface area contributed by atoms with Gasteiger partial charge < -0.3 is 63.9 Å². The van der Waals surface area contributed by atoms with E-state index in [1.165, 1.54) is 26.5 Å². The largest absolute Gasteiger partial charge is 0.481 e. The summed E-state index contributed by atoms with van der Waals surface area (Å²) in [5, 5.41) is 30.5. The zero-order valence-corrected chi connectivity index (χ0v) is 35.1. The van der Waals surface area contributed by atoms with Crippen molar-refractivity contribution in [2.24, 2.45) is 22.2 Å². The summed E-state index contributed by atoms with van der Waals surface area (Å²) in [5.41, 5.74) is 17.8. The molecule has 14 N–H and O–H groups in total. The maximum Gasteiger partial charge on any atom is 0.305 e. The minimum atomic E-state index is -1.68. The van der Waals surface area contributed by atoms with Gasteiger partial charge in [-0.1, -0.05) is 39.8 Å². The molecule has 1 aromatic heterocycles. The lowest BCUT2D eigenvalue weighted by Gasteiger charge is -2.30. The molecular weight excluding hydrogens is 839 g/mol. The number of hydrogen-bond donors (Lipinski definition) is 11. The number of carbonyl (C=O) groups is 9. The van der Waals surface area contributed by atoms with Gasteiger partial charge in [0.05, 0.1) is 13.0 Å². The highest BCUT2D eigenvalue weighted by Crippen LogP contribution is 2.25. The minimum absolute atomic E-state index is 0.0195. The molecule has 2 aromatic rings. The molecule has 61 heavy (non-hydrogen) atoms. The van der Waals surface area contributed by atoms with Crippen LogP contribution in [0.3, 0.4) is 0 Å². The van der Waals surface area contributed by atoms with Crippen LogP contribution in [0.2, 0.25) is 0 Å². The number of primary amides is 1. The van der Waals surface area contributed by atoms with Gasteiger partial charge >= 0.3 is 5.97 Å². The number of nitrogens with two attached hydrogens (primary N) is 3. The predicted molar refractivity (Wildman–Crippen MR) is 226 cm³/mol. The van der Waals surface area contributed by atoms with Crippen LogP contribution in [0.1, 0.15) is 57.4 Å². The van der Waals surface area contributed by atoms with Crippen LogP contribution in [0, 0.1) is 0 Å². The molecule has 0 radical (unpaired) electrons. The lowest BCUT2D eigenvalue weighted by molar-refractivity contribution is -0.143. The highest BCUT2D eigenvalue weighted by Gasteiger charge is 2.40. The van der Waals surface area contributed by atoms with Gasteiger partial charge in [-0.2, -0.15) is 0 Å². The Bertz CT molecular complexity index is 1940. The number of nitrogens with zero attached hydrogens (tertiary/aromatic N) is 2. The zero-order valence-electron chi connectivity index (χ0n) is 33.5. The number of aromatic amines is 1. The Balaban J connectivity index is 0.00000237. The number of fused-ring (bicyclic) bond motifs is 2. The van der Waals surface area contributed by atoms with Gasteiger partial charge in [-0.25, -0.2) is 0 Å². The first kappa shape index (κ1) is 49.3. The molecule has 0 saturated carbocycles. The smallest absolute Gasteiger partial charge is 0.305 e. The van der Waals surface area contributed by atoms with Crippen LogP contribution in [0.25, 0.3) is 10.9 Å². The fourth-order valence-electron chi connectivity index (χ4n) is 6.39. The molecule has 2 aliphatic heterocycles. The Morgan fingerprint density at radius 1 is 0.869 bits per heavy atom. The van der Waals surface area contributed by atoms with Crippen LogP contribution in [0.5, 0.6) is 0 Å². The van der Waals surface area contributed by atoms with Gasteiger partial charge in [0.25, 0.3) is 5.97 Å². The summed E-state index contributed by atoms with van der Waals surface area (Å²) in [4.78, 5) is 123. The van der Waals surface area contributed by atoms with Gasteiger partial charge in [-0.3, -0.25) is 48.1 Å². The average molecular weight is 892 g/mol. The van der Waals surface area contributed by atoms with Crippen molar-refractivity contribution in [3.63, 3.8) is 0 Å². The number of amides is 7. The van der Waals surface area contributed by atoms with Gasteiger partial charge in [-0.05, 0) is 43.7 Å². The zero-order chi connectivity index (χ0) is 45.1. The monoisotopic (exact) mass is 891 g/mol. The minimum Gasteiger partial charge on any atom is -0.481 e. The third kappa shape index (κ3) is 16.9. The van der Waals surface area contributed by atoms with E-state index in [-0.39, 0.29) is 56.2 Å². The number of carboxylic acids is 2. The highest BCUT2D eigenvalue weighted by molar-refractivity contribution is 8.76. The summed E-state index contributed by atoms with van der Waals surface area (Å²) in [5.74, 6) is -7.18. The molecule has 334 valence electrons. The molecule has 2 aliphatic rings. The molecule has 0 bridgehead atoms. The molecule has 5 atom stereocenters. The van der Waals surface area contributed by atoms with Gasteiger partial charge in [0.15, 0.2) is 5.96 Å².